The summed E-state index contributed by atoms with van der Waals surface area (Å²) in [6.45, 7) is 8.13. The van der Waals surface area contributed by atoms with E-state index in [1.807, 2.05) is 58.2 Å². The molecule has 3 aromatic rings. The van der Waals surface area contributed by atoms with Gasteiger partial charge in [0.15, 0.2) is 0 Å². The first-order valence-electron chi connectivity index (χ1n) is 17.5. The zero-order chi connectivity index (χ0) is 35.9. The van der Waals surface area contributed by atoms with Crippen LogP contribution in [0, 0.1) is 11.8 Å². The van der Waals surface area contributed by atoms with E-state index in [0.717, 1.165) is 16.5 Å². The van der Waals surface area contributed by atoms with Crippen molar-refractivity contribution >= 4 is 40.6 Å². The number of amides is 4. The van der Waals surface area contributed by atoms with Gasteiger partial charge in [0.05, 0.1) is 13.2 Å². The first-order chi connectivity index (χ1) is 24.0. The topological polar surface area (TPSA) is 154 Å². The molecule has 1 saturated heterocycles. The number of carbonyl (C=O) groups excluding carboxylic acids is 4. The molecule has 1 fully saturated rings. The Morgan fingerprint density at radius 2 is 1.86 bits per heavy atom. The van der Waals surface area contributed by atoms with Gasteiger partial charge in [0.25, 0.3) is 0 Å². The minimum absolute atomic E-state index is 0.202. The minimum atomic E-state index is -1.07. The molecule has 3 heterocycles. The van der Waals surface area contributed by atoms with Gasteiger partial charge in [-0.2, -0.15) is 0 Å². The average Bonchev–Trinajstić information content (AvgIpc) is 3.72. The van der Waals surface area contributed by atoms with Crippen LogP contribution in [0.3, 0.4) is 0 Å². The van der Waals surface area contributed by atoms with E-state index in [0.29, 0.717) is 36.3 Å². The first-order valence-corrected chi connectivity index (χ1v) is 17.5. The molecular formula is C38H50N6O6. The zero-order valence-electron chi connectivity index (χ0n) is 29.7. The van der Waals surface area contributed by atoms with Crippen LogP contribution >= 0.6 is 0 Å². The van der Waals surface area contributed by atoms with E-state index in [2.05, 4.69) is 26.3 Å². The summed E-state index contributed by atoms with van der Waals surface area (Å²) in [5.41, 5.74) is 2.45. The number of likely N-dealkylation sites (tertiary alicyclic amines) is 1. The molecule has 2 aliphatic rings. The van der Waals surface area contributed by atoms with E-state index in [9.17, 15) is 19.2 Å². The second kappa shape index (κ2) is 16.2. The van der Waals surface area contributed by atoms with Crippen molar-refractivity contribution in [3.63, 3.8) is 0 Å². The van der Waals surface area contributed by atoms with Crippen molar-refractivity contribution in [1.82, 2.24) is 31.2 Å². The highest BCUT2D eigenvalue weighted by Gasteiger charge is 2.47. The molecule has 0 spiro atoms. The quantitative estimate of drug-likeness (QED) is 0.207. The predicted octanol–water partition coefficient (Wildman–Crippen LogP) is 3.52. The molecule has 0 radical (unpaired) electrons. The molecule has 12 heteroatoms. The van der Waals surface area contributed by atoms with Crippen LogP contribution in [0.1, 0.15) is 58.1 Å². The number of rotatable bonds is 11. The molecule has 2 bridgehead atoms. The maximum absolute atomic E-state index is 14.7. The highest BCUT2D eigenvalue weighted by atomic mass is 16.5. The van der Waals surface area contributed by atoms with Gasteiger partial charge in [-0.3, -0.25) is 19.2 Å². The van der Waals surface area contributed by atoms with E-state index in [1.165, 1.54) is 11.1 Å². The minimum Gasteiger partial charge on any atom is -0.496 e. The number of carbonyl (C=O) groups is 4. The molecule has 2 aliphatic heterocycles. The third-order valence-electron chi connectivity index (χ3n) is 9.75. The summed E-state index contributed by atoms with van der Waals surface area (Å²) >= 11 is 0. The Labute approximate surface area is 293 Å². The lowest BCUT2D eigenvalue weighted by molar-refractivity contribution is -0.144. The maximum Gasteiger partial charge on any atom is 0.247 e. The number of likely N-dealkylation sites (N-methyl/N-ethyl adjacent to an activating group) is 1. The normalized spacial score (nSPS) is 21.7. The number of hydrogen-bond donors (Lipinski definition) is 5. The van der Waals surface area contributed by atoms with Gasteiger partial charge in [-0.05, 0) is 61.2 Å². The third kappa shape index (κ3) is 8.13. The van der Waals surface area contributed by atoms with Crippen molar-refractivity contribution in [1.29, 1.82) is 0 Å². The van der Waals surface area contributed by atoms with Crippen molar-refractivity contribution in [2.24, 2.45) is 11.8 Å². The number of benzene rings is 2. The van der Waals surface area contributed by atoms with Crippen LogP contribution in [0.25, 0.3) is 17.0 Å². The van der Waals surface area contributed by atoms with Crippen LogP contribution in [-0.4, -0.2) is 84.5 Å². The Hall–Kier alpha value is -4.84. The van der Waals surface area contributed by atoms with E-state index < -0.39 is 42.1 Å². The Morgan fingerprint density at radius 3 is 2.58 bits per heavy atom. The molecule has 12 nitrogen and oxygen atoms in total. The lowest BCUT2D eigenvalue weighted by atomic mass is 9.97. The first kappa shape index (κ1) is 36.4. The number of aromatic amines is 1. The highest BCUT2D eigenvalue weighted by molar-refractivity contribution is 5.96. The monoisotopic (exact) mass is 686 g/mol. The SMILES string of the molecule is CCC(C)[C@@H]1NC(=O)[C@@H]2[C@H](CCN2C(=O)[C@H](Cc2c[nH]c3ccccc23)NC(=O)[C@H](CC(C)C)NC)Oc2ccc(OC)c(c2)/C=C\NC1=O. The van der Waals surface area contributed by atoms with Crippen LogP contribution in [0.15, 0.2) is 54.9 Å². The summed E-state index contributed by atoms with van der Waals surface area (Å²) in [5, 5.41) is 12.8. The Balaban J connectivity index is 1.52. The molecule has 6 atom stereocenters. The van der Waals surface area contributed by atoms with E-state index >= 15 is 0 Å². The number of ether oxygens (including phenoxy) is 2. The molecule has 268 valence electrons. The largest absolute Gasteiger partial charge is 0.496 e. The smallest absolute Gasteiger partial charge is 0.247 e. The summed E-state index contributed by atoms with van der Waals surface area (Å²) < 4.78 is 12.0. The Kier molecular flexibility index (Phi) is 11.8. The predicted molar refractivity (Wildman–Crippen MR) is 192 cm³/mol. The van der Waals surface area contributed by atoms with Crippen molar-refractivity contribution in [2.75, 3.05) is 20.7 Å². The van der Waals surface area contributed by atoms with E-state index in [-0.39, 0.29) is 36.6 Å². The zero-order valence-corrected chi connectivity index (χ0v) is 29.7. The van der Waals surface area contributed by atoms with Crippen LogP contribution < -0.4 is 30.7 Å². The Bertz CT molecular complexity index is 1720. The van der Waals surface area contributed by atoms with Crippen LogP contribution in [0.2, 0.25) is 0 Å². The molecule has 50 heavy (non-hydrogen) atoms. The van der Waals surface area contributed by atoms with Gasteiger partial charge in [-0.1, -0.05) is 52.3 Å². The number of aromatic nitrogens is 1. The molecule has 1 unspecified atom stereocenters. The molecule has 5 rings (SSSR count). The summed E-state index contributed by atoms with van der Waals surface area (Å²) in [5.74, 6) is -0.461. The number of methoxy groups -OCH3 is 1. The van der Waals surface area contributed by atoms with Gasteiger partial charge in [-0.15, -0.1) is 0 Å². The number of H-pyrrole nitrogens is 1. The van der Waals surface area contributed by atoms with Gasteiger partial charge < -0.3 is 40.6 Å². The maximum atomic E-state index is 14.7. The molecule has 1 aromatic heterocycles. The van der Waals surface area contributed by atoms with Crippen molar-refractivity contribution in [3.05, 3.63) is 66.0 Å². The van der Waals surface area contributed by atoms with Gasteiger partial charge >= 0.3 is 0 Å². The molecule has 4 amide bonds. The van der Waals surface area contributed by atoms with Gasteiger partial charge in [0.2, 0.25) is 23.6 Å². The van der Waals surface area contributed by atoms with Crippen molar-refractivity contribution in [3.8, 4) is 11.5 Å². The number of nitrogens with zero attached hydrogens (tertiary/aromatic N) is 1. The molecule has 0 aliphatic carbocycles. The van der Waals surface area contributed by atoms with Gasteiger partial charge in [0, 0.05) is 48.2 Å². The fraction of sp³-hybridized carbons (Fsp3) is 0.474. The van der Waals surface area contributed by atoms with Gasteiger partial charge in [0.1, 0.15) is 35.7 Å². The fourth-order valence-corrected chi connectivity index (χ4v) is 6.80. The lowest BCUT2D eigenvalue weighted by Gasteiger charge is -2.33. The molecule has 5 N–H and O–H groups in total. The average molecular weight is 687 g/mol. The van der Waals surface area contributed by atoms with Crippen LogP contribution in [0.4, 0.5) is 0 Å². The number of nitrogens with one attached hydrogen (secondary N) is 5. The number of para-hydroxylation sites is 1. The van der Waals surface area contributed by atoms with E-state index in [1.54, 1.807) is 38.4 Å². The third-order valence-corrected chi connectivity index (χ3v) is 9.75. The lowest BCUT2D eigenvalue weighted by Crippen LogP contribution is -2.60. The second-order valence-electron chi connectivity index (χ2n) is 13.6. The van der Waals surface area contributed by atoms with Crippen LogP contribution in [0.5, 0.6) is 11.5 Å². The second-order valence-corrected chi connectivity index (χ2v) is 13.6. The Morgan fingerprint density at radius 1 is 1.08 bits per heavy atom. The molecular weight excluding hydrogens is 636 g/mol. The highest BCUT2D eigenvalue weighted by Crippen LogP contribution is 2.31. The molecule has 2 aromatic carbocycles. The summed E-state index contributed by atoms with van der Waals surface area (Å²) in [7, 11) is 3.29. The summed E-state index contributed by atoms with van der Waals surface area (Å²) in [4.78, 5) is 61.0. The fourth-order valence-electron chi connectivity index (χ4n) is 6.80. The summed E-state index contributed by atoms with van der Waals surface area (Å²) in [6.07, 6.45) is 6.15. The van der Waals surface area contributed by atoms with E-state index in [4.69, 9.17) is 9.47 Å². The van der Waals surface area contributed by atoms with Crippen molar-refractivity contribution in [2.45, 2.75) is 83.6 Å². The standard InChI is InChI=1S/C38H50N6O6/c1-7-23(4)33-36(46)40-16-14-24-19-26(12-13-31(24)49-6)50-32-15-17-44(34(32)37(47)43-33)38(48)30(42-35(45)29(39-5)18-22(2)3)20-25-21-41-28-11-9-8-10-27(25)28/h8-14,16,19,21-23,29-30,32-34,39,41H,7,15,17-18,20H2,1-6H3,(H,40,46)(H,42,45)(H,43,47)/b16-14-/t23?,29-,30-,32-,33-,34-/m0/s1. The number of fused-ring (bicyclic) bond motifs is 4. The number of hydrogen-bond acceptors (Lipinski definition) is 7. The van der Waals surface area contributed by atoms with Crippen molar-refractivity contribution < 1.29 is 28.7 Å². The van der Waals surface area contributed by atoms with Crippen LogP contribution in [-0.2, 0) is 25.6 Å². The van der Waals surface area contributed by atoms with Gasteiger partial charge in [-0.25, -0.2) is 0 Å². The summed E-state index contributed by atoms with van der Waals surface area (Å²) in [6, 6.07) is 9.65. The molecule has 0 saturated carbocycles.